The molecule has 1 aliphatic heterocycles. The molecular weight excluding hydrogens is 314 g/mol. The van der Waals surface area contributed by atoms with Crippen molar-refractivity contribution >= 4 is 26.0 Å². The van der Waals surface area contributed by atoms with Gasteiger partial charge in [-0.15, -0.1) is 0 Å². The van der Waals surface area contributed by atoms with E-state index in [1.807, 2.05) is 13.0 Å². The molecular formula is C13H18BrNO2S. The summed E-state index contributed by atoms with van der Waals surface area (Å²) in [5.74, 6) is 0.406. The van der Waals surface area contributed by atoms with Gasteiger partial charge in [0.1, 0.15) is 0 Å². The number of rotatable bonds is 3. The molecule has 0 radical (unpaired) electrons. The Morgan fingerprint density at radius 1 is 1.44 bits per heavy atom. The second-order valence-corrected chi connectivity index (χ2v) is 7.46. The summed E-state index contributed by atoms with van der Waals surface area (Å²) >= 11 is 3.43. The van der Waals surface area contributed by atoms with Crippen LogP contribution in [0.2, 0.25) is 0 Å². The van der Waals surface area contributed by atoms with Crippen molar-refractivity contribution in [1.82, 2.24) is 4.31 Å². The first-order valence-electron chi connectivity index (χ1n) is 6.11. The average Bonchev–Trinajstić information content (AvgIpc) is 2.71. The summed E-state index contributed by atoms with van der Waals surface area (Å²) in [5.41, 5.74) is 0.971. The lowest BCUT2D eigenvalue weighted by Gasteiger charge is -2.24. The summed E-state index contributed by atoms with van der Waals surface area (Å²) < 4.78 is 26.9. The SMILES string of the molecule is Cc1cccc(S(=O)(=O)N2CCC(C)C2CBr)c1. The Hall–Kier alpha value is -0.390. The fourth-order valence-electron chi connectivity index (χ4n) is 2.41. The second-order valence-electron chi connectivity index (χ2n) is 4.92. The van der Waals surface area contributed by atoms with Crippen LogP contribution in [0.4, 0.5) is 0 Å². The Kier molecular flexibility index (Phi) is 4.14. The van der Waals surface area contributed by atoms with E-state index in [-0.39, 0.29) is 6.04 Å². The number of hydrogen-bond donors (Lipinski definition) is 0. The van der Waals surface area contributed by atoms with Crippen molar-refractivity contribution in [1.29, 1.82) is 0 Å². The summed E-state index contributed by atoms with van der Waals surface area (Å²) in [5, 5.41) is 0.694. The van der Waals surface area contributed by atoms with Crippen molar-refractivity contribution in [2.75, 3.05) is 11.9 Å². The van der Waals surface area contributed by atoms with Crippen molar-refractivity contribution < 1.29 is 8.42 Å². The van der Waals surface area contributed by atoms with Gasteiger partial charge in [0.2, 0.25) is 10.0 Å². The van der Waals surface area contributed by atoms with E-state index < -0.39 is 10.0 Å². The van der Waals surface area contributed by atoms with E-state index in [0.29, 0.717) is 22.7 Å². The molecule has 2 rings (SSSR count). The van der Waals surface area contributed by atoms with E-state index in [4.69, 9.17) is 0 Å². The topological polar surface area (TPSA) is 37.4 Å². The van der Waals surface area contributed by atoms with Crippen LogP contribution in [0.1, 0.15) is 18.9 Å². The zero-order valence-corrected chi connectivity index (χ0v) is 13.0. The molecule has 100 valence electrons. The lowest BCUT2D eigenvalue weighted by atomic mass is 10.1. The highest BCUT2D eigenvalue weighted by molar-refractivity contribution is 9.09. The van der Waals surface area contributed by atoms with E-state index in [0.717, 1.165) is 12.0 Å². The molecule has 2 atom stereocenters. The zero-order valence-electron chi connectivity index (χ0n) is 10.6. The summed E-state index contributed by atoms with van der Waals surface area (Å²) in [6.45, 7) is 4.64. The Morgan fingerprint density at radius 3 is 2.78 bits per heavy atom. The van der Waals surface area contributed by atoms with Crippen LogP contribution in [0, 0.1) is 12.8 Å². The first-order chi connectivity index (χ1) is 8.46. The normalized spacial score (nSPS) is 25.5. The number of benzene rings is 1. The zero-order chi connectivity index (χ0) is 13.3. The highest BCUT2D eigenvalue weighted by atomic mass is 79.9. The molecule has 1 heterocycles. The smallest absolute Gasteiger partial charge is 0.207 e. The van der Waals surface area contributed by atoms with Crippen LogP contribution in [0.5, 0.6) is 0 Å². The van der Waals surface area contributed by atoms with Crippen molar-refractivity contribution in [2.45, 2.75) is 31.2 Å². The standard InChI is InChI=1S/C13H18BrNO2S/c1-10-4-3-5-12(8-10)18(16,17)15-7-6-11(2)13(15)9-14/h3-5,8,11,13H,6-7,9H2,1-2H3. The fourth-order valence-corrected chi connectivity index (χ4v) is 5.43. The number of hydrogen-bond acceptors (Lipinski definition) is 2. The van der Waals surface area contributed by atoms with Gasteiger partial charge in [0.05, 0.1) is 4.90 Å². The molecule has 5 heteroatoms. The molecule has 1 aromatic rings. The molecule has 0 aromatic heterocycles. The van der Waals surface area contributed by atoms with Crippen molar-refractivity contribution in [3.63, 3.8) is 0 Å². The molecule has 0 spiro atoms. The molecule has 0 N–H and O–H groups in total. The van der Waals surface area contributed by atoms with Crippen molar-refractivity contribution in [3.05, 3.63) is 29.8 Å². The summed E-state index contributed by atoms with van der Waals surface area (Å²) in [6.07, 6.45) is 0.932. The van der Waals surface area contributed by atoms with E-state index >= 15 is 0 Å². The third-order valence-electron chi connectivity index (χ3n) is 3.59. The van der Waals surface area contributed by atoms with Gasteiger partial charge < -0.3 is 0 Å². The first kappa shape index (κ1) is 14.0. The maximum Gasteiger partial charge on any atom is 0.243 e. The Bertz CT molecular complexity index is 530. The van der Waals surface area contributed by atoms with Crippen LogP contribution in [0.25, 0.3) is 0 Å². The van der Waals surface area contributed by atoms with Gasteiger partial charge >= 0.3 is 0 Å². The van der Waals surface area contributed by atoms with Gasteiger partial charge in [0, 0.05) is 17.9 Å². The third kappa shape index (κ3) is 2.49. The molecule has 0 bridgehead atoms. The van der Waals surface area contributed by atoms with Gasteiger partial charge in [-0.1, -0.05) is 35.0 Å². The van der Waals surface area contributed by atoms with Crippen LogP contribution in [-0.2, 0) is 10.0 Å². The lowest BCUT2D eigenvalue weighted by Crippen LogP contribution is -2.38. The van der Waals surface area contributed by atoms with Gasteiger partial charge in [0.15, 0.2) is 0 Å². The molecule has 18 heavy (non-hydrogen) atoms. The van der Waals surface area contributed by atoms with Gasteiger partial charge in [-0.05, 0) is 37.0 Å². The molecule has 0 saturated carbocycles. The van der Waals surface area contributed by atoms with Crippen molar-refractivity contribution in [3.8, 4) is 0 Å². The van der Waals surface area contributed by atoms with Crippen molar-refractivity contribution in [2.24, 2.45) is 5.92 Å². The highest BCUT2D eigenvalue weighted by Gasteiger charge is 2.38. The van der Waals surface area contributed by atoms with Gasteiger partial charge in [-0.25, -0.2) is 8.42 Å². The molecule has 0 aliphatic carbocycles. The minimum absolute atomic E-state index is 0.0653. The fraction of sp³-hybridized carbons (Fsp3) is 0.538. The first-order valence-corrected chi connectivity index (χ1v) is 8.67. The maximum absolute atomic E-state index is 12.6. The molecule has 1 aliphatic rings. The maximum atomic E-state index is 12.6. The Morgan fingerprint density at radius 2 is 2.17 bits per heavy atom. The summed E-state index contributed by atoms with van der Waals surface area (Å²) in [6, 6.07) is 7.19. The lowest BCUT2D eigenvalue weighted by molar-refractivity contribution is 0.378. The molecule has 1 aromatic carbocycles. The predicted molar refractivity (Wildman–Crippen MR) is 76.4 cm³/mol. The molecule has 2 unspecified atom stereocenters. The second kappa shape index (κ2) is 5.31. The van der Waals surface area contributed by atoms with Crippen LogP contribution < -0.4 is 0 Å². The van der Waals surface area contributed by atoms with Gasteiger partial charge in [-0.3, -0.25) is 0 Å². The molecule has 0 amide bonds. The van der Waals surface area contributed by atoms with Crippen LogP contribution in [0.3, 0.4) is 0 Å². The molecule has 1 fully saturated rings. The quantitative estimate of drug-likeness (QED) is 0.798. The van der Waals surface area contributed by atoms with E-state index in [2.05, 4.69) is 22.9 Å². The van der Waals surface area contributed by atoms with Gasteiger partial charge in [-0.2, -0.15) is 4.31 Å². The minimum Gasteiger partial charge on any atom is -0.207 e. The number of aryl methyl sites for hydroxylation is 1. The van der Waals surface area contributed by atoms with E-state index in [1.54, 1.807) is 22.5 Å². The number of nitrogens with zero attached hydrogens (tertiary/aromatic N) is 1. The number of alkyl halides is 1. The van der Waals surface area contributed by atoms with E-state index in [1.165, 1.54) is 0 Å². The summed E-state index contributed by atoms with van der Waals surface area (Å²) in [7, 11) is -3.35. The number of halogens is 1. The molecule has 3 nitrogen and oxygen atoms in total. The Balaban J connectivity index is 2.37. The predicted octanol–water partition coefficient (Wildman–Crippen LogP) is 2.79. The number of sulfonamides is 1. The van der Waals surface area contributed by atoms with E-state index in [9.17, 15) is 8.42 Å². The van der Waals surface area contributed by atoms with Gasteiger partial charge in [0.25, 0.3) is 0 Å². The Labute approximate surface area is 117 Å². The van der Waals surface area contributed by atoms with Crippen LogP contribution >= 0.6 is 15.9 Å². The highest BCUT2D eigenvalue weighted by Crippen LogP contribution is 2.31. The molecule has 1 saturated heterocycles. The third-order valence-corrected chi connectivity index (χ3v) is 6.17. The monoisotopic (exact) mass is 331 g/mol. The van der Waals surface area contributed by atoms with Crippen LogP contribution in [-0.4, -0.2) is 30.6 Å². The minimum atomic E-state index is -3.35. The largest absolute Gasteiger partial charge is 0.243 e. The average molecular weight is 332 g/mol. The van der Waals surface area contributed by atoms with Crippen LogP contribution in [0.15, 0.2) is 29.2 Å². The summed E-state index contributed by atoms with van der Waals surface area (Å²) in [4.78, 5) is 0.405.